The highest BCUT2D eigenvalue weighted by Crippen LogP contribution is 2.14. The number of halogens is 1. The highest BCUT2D eigenvalue weighted by atomic mass is 35.5. The van der Waals surface area contributed by atoms with Crippen molar-refractivity contribution in [3.05, 3.63) is 40.9 Å². The van der Waals surface area contributed by atoms with Crippen LogP contribution in [0.4, 0.5) is 5.69 Å². The predicted octanol–water partition coefficient (Wildman–Crippen LogP) is 1.87. The number of nitrogens with two attached hydrogens (primary N) is 1. The molecule has 2 rings (SSSR count). The Morgan fingerprint density at radius 2 is 2.33 bits per heavy atom. The van der Waals surface area contributed by atoms with Gasteiger partial charge >= 0.3 is 0 Å². The minimum Gasteiger partial charge on any atom is -0.396 e. The molecule has 2 aromatic rings. The molecule has 2 aromatic heterocycles. The van der Waals surface area contributed by atoms with Gasteiger partial charge in [-0.1, -0.05) is 11.6 Å². The number of nitrogen functional groups attached to an aromatic ring is 1. The van der Waals surface area contributed by atoms with E-state index in [4.69, 9.17) is 17.3 Å². The lowest BCUT2D eigenvalue weighted by molar-refractivity contribution is 0.666. The SMILES string of the molecule is Cc1nn(Cc2ncccc2Cl)cc1N. The van der Waals surface area contributed by atoms with E-state index in [-0.39, 0.29) is 0 Å². The second-order valence-electron chi connectivity index (χ2n) is 3.30. The van der Waals surface area contributed by atoms with Crippen LogP contribution in [0.25, 0.3) is 0 Å². The molecule has 0 atom stereocenters. The molecule has 0 bridgehead atoms. The van der Waals surface area contributed by atoms with Crippen LogP contribution >= 0.6 is 11.6 Å². The topological polar surface area (TPSA) is 56.7 Å². The summed E-state index contributed by atoms with van der Waals surface area (Å²) in [7, 11) is 0. The lowest BCUT2D eigenvalue weighted by atomic mass is 10.3. The first kappa shape index (κ1) is 9.98. The summed E-state index contributed by atoms with van der Waals surface area (Å²) in [5, 5.41) is 4.88. The van der Waals surface area contributed by atoms with E-state index >= 15 is 0 Å². The zero-order valence-electron chi connectivity index (χ0n) is 8.31. The standard InChI is InChI=1S/C10H11ClN4/c1-7-9(12)5-15(14-7)6-10-8(11)3-2-4-13-10/h2-5H,6,12H2,1H3. The molecule has 15 heavy (non-hydrogen) atoms. The molecule has 2 N–H and O–H groups in total. The number of aromatic nitrogens is 3. The molecular weight excluding hydrogens is 212 g/mol. The number of hydrogen-bond donors (Lipinski definition) is 1. The van der Waals surface area contributed by atoms with Crippen LogP contribution in [0.15, 0.2) is 24.5 Å². The van der Waals surface area contributed by atoms with Crippen LogP contribution in [0, 0.1) is 6.92 Å². The molecule has 2 heterocycles. The van der Waals surface area contributed by atoms with Crippen molar-refractivity contribution in [2.75, 3.05) is 5.73 Å². The van der Waals surface area contributed by atoms with Gasteiger partial charge in [0, 0.05) is 12.4 Å². The monoisotopic (exact) mass is 222 g/mol. The number of hydrogen-bond acceptors (Lipinski definition) is 3. The number of aryl methyl sites for hydroxylation is 1. The lowest BCUT2D eigenvalue weighted by Gasteiger charge is -2.02. The predicted molar refractivity (Wildman–Crippen MR) is 59.7 cm³/mol. The third kappa shape index (κ3) is 2.10. The van der Waals surface area contributed by atoms with E-state index in [1.165, 1.54) is 0 Å². The minimum atomic E-state index is 0.539. The van der Waals surface area contributed by atoms with Crippen LogP contribution in [-0.4, -0.2) is 14.8 Å². The molecule has 0 fully saturated rings. The van der Waals surface area contributed by atoms with Gasteiger partial charge in [-0.2, -0.15) is 5.10 Å². The van der Waals surface area contributed by atoms with Crippen LogP contribution < -0.4 is 5.73 Å². The van der Waals surface area contributed by atoms with Gasteiger partial charge in [-0.05, 0) is 19.1 Å². The van der Waals surface area contributed by atoms with Gasteiger partial charge in [-0.15, -0.1) is 0 Å². The Kier molecular flexibility index (Phi) is 2.60. The molecule has 0 aliphatic carbocycles. The summed E-state index contributed by atoms with van der Waals surface area (Å²) in [4.78, 5) is 4.18. The van der Waals surface area contributed by atoms with E-state index in [2.05, 4.69) is 10.1 Å². The zero-order valence-corrected chi connectivity index (χ0v) is 9.07. The van der Waals surface area contributed by atoms with Crippen LogP contribution in [0.5, 0.6) is 0 Å². The summed E-state index contributed by atoms with van der Waals surface area (Å²) >= 11 is 5.99. The Morgan fingerprint density at radius 1 is 1.53 bits per heavy atom. The summed E-state index contributed by atoms with van der Waals surface area (Å²) in [6, 6.07) is 3.61. The molecule has 0 aliphatic rings. The number of pyridine rings is 1. The minimum absolute atomic E-state index is 0.539. The molecule has 0 unspecified atom stereocenters. The van der Waals surface area contributed by atoms with E-state index < -0.39 is 0 Å². The van der Waals surface area contributed by atoms with Gasteiger partial charge in [-0.25, -0.2) is 0 Å². The molecule has 0 aromatic carbocycles. The highest BCUT2D eigenvalue weighted by molar-refractivity contribution is 6.31. The van der Waals surface area contributed by atoms with Gasteiger partial charge in [0.1, 0.15) is 0 Å². The maximum absolute atomic E-state index is 5.99. The maximum atomic E-state index is 5.99. The summed E-state index contributed by atoms with van der Waals surface area (Å²) < 4.78 is 1.74. The Morgan fingerprint density at radius 3 is 2.93 bits per heavy atom. The lowest BCUT2D eigenvalue weighted by Crippen LogP contribution is -2.02. The Labute approximate surface area is 92.7 Å². The van der Waals surface area contributed by atoms with Crippen LogP contribution in [-0.2, 0) is 6.54 Å². The van der Waals surface area contributed by atoms with Gasteiger partial charge in [0.05, 0.1) is 28.6 Å². The second kappa shape index (κ2) is 3.90. The summed E-state index contributed by atoms with van der Waals surface area (Å²) in [6.45, 7) is 2.41. The van der Waals surface area contributed by atoms with Gasteiger partial charge < -0.3 is 5.73 Å². The molecule has 5 heteroatoms. The molecule has 0 saturated heterocycles. The van der Waals surface area contributed by atoms with Crippen molar-refractivity contribution in [2.45, 2.75) is 13.5 Å². The smallest absolute Gasteiger partial charge is 0.0847 e. The largest absolute Gasteiger partial charge is 0.396 e. The highest BCUT2D eigenvalue weighted by Gasteiger charge is 2.04. The van der Waals surface area contributed by atoms with Crippen LogP contribution in [0.3, 0.4) is 0 Å². The van der Waals surface area contributed by atoms with Gasteiger partial charge in [0.2, 0.25) is 0 Å². The average Bonchev–Trinajstić information content (AvgIpc) is 2.50. The zero-order chi connectivity index (χ0) is 10.8. The quantitative estimate of drug-likeness (QED) is 0.844. The van der Waals surface area contributed by atoms with Crippen molar-refractivity contribution in [1.29, 1.82) is 0 Å². The Bertz CT molecular complexity index is 459. The molecule has 4 nitrogen and oxygen atoms in total. The summed E-state index contributed by atoms with van der Waals surface area (Å²) in [5.41, 5.74) is 7.99. The fourth-order valence-electron chi connectivity index (χ4n) is 1.30. The van der Waals surface area contributed by atoms with E-state index in [1.807, 2.05) is 13.0 Å². The van der Waals surface area contributed by atoms with E-state index in [1.54, 1.807) is 23.1 Å². The maximum Gasteiger partial charge on any atom is 0.0847 e. The van der Waals surface area contributed by atoms with E-state index in [0.717, 1.165) is 11.4 Å². The molecule has 0 saturated carbocycles. The summed E-state index contributed by atoms with van der Waals surface area (Å²) in [6.07, 6.45) is 3.49. The molecule has 0 amide bonds. The van der Waals surface area contributed by atoms with Gasteiger partial charge in [0.25, 0.3) is 0 Å². The molecule has 0 aliphatic heterocycles. The normalized spacial score (nSPS) is 10.5. The Hall–Kier alpha value is -1.55. The first-order chi connectivity index (χ1) is 7.16. The summed E-state index contributed by atoms with van der Waals surface area (Å²) in [5.74, 6) is 0. The molecule has 78 valence electrons. The first-order valence-electron chi connectivity index (χ1n) is 4.56. The second-order valence-corrected chi connectivity index (χ2v) is 3.71. The van der Waals surface area contributed by atoms with Crippen molar-refractivity contribution in [1.82, 2.24) is 14.8 Å². The third-order valence-electron chi connectivity index (χ3n) is 2.13. The van der Waals surface area contributed by atoms with Crippen molar-refractivity contribution in [2.24, 2.45) is 0 Å². The molecular formula is C10H11ClN4. The number of anilines is 1. The van der Waals surface area contributed by atoms with Crippen molar-refractivity contribution in [3.63, 3.8) is 0 Å². The third-order valence-corrected chi connectivity index (χ3v) is 2.47. The van der Waals surface area contributed by atoms with Crippen molar-refractivity contribution in [3.8, 4) is 0 Å². The van der Waals surface area contributed by atoms with Crippen molar-refractivity contribution >= 4 is 17.3 Å². The molecule has 0 radical (unpaired) electrons. The van der Waals surface area contributed by atoms with E-state index in [0.29, 0.717) is 17.3 Å². The van der Waals surface area contributed by atoms with E-state index in [9.17, 15) is 0 Å². The van der Waals surface area contributed by atoms with Gasteiger partial charge in [-0.3, -0.25) is 9.67 Å². The van der Waals surface area contributed by atoms with Gasteiger partial charge in [0.15, 0.2) is 0 Å². The fourth-order valence-corrected chi connectivity index (χ4v) is 1.48. The first-order valence-corrected chi connectivity index (χ1v) is 4.93. The average molecular weight is 223 g/mol. The molecule has 0 spiro atoms. The fraction of sp³-hybridized carbons (Fsp3) is 0.200. The number of rotatable bonds is 2. The van der Waals surface area contributed by atoms with Crippen molar-refractivity contribution < 1.29 is 0 Å². The number of nitrogens with zero attached hydrogens (tertiary/aromatic N) is 3. The van der Waals surface area contributed by atoms with Crippen LogP contribution in [0.2, 0.25) is 5.02 Å². The van der Waals surface area contributed by atoms with Crippen LogP contribution in [0.1, 0.15) is 11.4 Å². The Balaban J connectivity index is 2.26.